The normalized spacial score (nSPS) is 16.3. The molecule has 1 aliphatic heterocycles. The zero-order valence-corrected chi connectivity index (χ0v) is 25.1. The van der Waals surface area contributed by atoms with Crippen LogP contribution in [-0.4, -0.2) is 97.4 Å². The number of hydrogen-bond acceptors (Lipinski definition) is 8. The lowest BCUT2D eigenvalue weighted by atomic mass is 9.83. The number of carbonyl (C=O) groups excluding carboxylic acids is 4. The molecule has 1 heterocycles. The summed E-state index contributed by atoms with van der Waals surface area (Å²) < 4.78 is 5.19. The summed E-state index contributed by atoms with van der Waals surface area (Å²) in [6.07, 6.45) is 1.15. The molecule has 2 aromatic carbocycles. The first kappa shape index (κ1) is 31.2. The van der Waals surface area contributed by atoms with Gasteiger partial charge in [-0.25, -0.2) is 4.79 Å². The van der Waals surface area contributed by atoms with Crippen LogP contribution < -0.4 is 16.0 Å². The largest absolute Gasteiger partial charge is 0.444 e. The molecule has 0 bridgehead atoms. The third-order valence-electron chi connectivity index (χ3n) is 7.46. The van der Waals surface area contributed by atoms with Gasteiger partial charge in [0.15, 0.2) is 11.6 Å². The smallest absolute Gasteiger partial charge is 0.408 e. The Morgan fingerprint density at radius 3 is 2.02 bits per heavy atom. The van der Waals surface area contributed by atoms with Gasteiger partial charge in [0.25, 0.3) is 0 Å². The van der Waals surface area contributed by atoms with Gasteiger partial charge in [-0.1, -0.05) is 36.4 Å². The van der Waals surface area contributed by atoms with Crippen LogP contribution in [0.5, 0.6) is 0 Å². The van der Waals surface area contributed by atoms with Crippen LogP contribution in [0.25, 0.3) is 0 Å². The number of piperazine rings is 1. The van der Waals surface area contributed by atoms with Crippen molar-refractivity contribution in [3.63, 3.8) is 0 Å². The molecule has 2 amide bonds. The van der Waals surface area contributed by atoms with E-state index in [1.165, 1.54) is 0 Å². The summed E-state index contributed by atoms with van der Waals surface area (Å²) in [5.41, 5.74) is 1.98. The summed E-state index contributed by atoms with van der Waals surface area (Å²) in [6.45, 7) is 14.0. The Labute approximate surface area is 248 Å². The molecule has 0 saturated carbocycles. The number of benzene rings is 2. The van der Waals surface area contributed by atoms with E-state index in [1.807, 2.05) is 12.1 Å². The van der Waals surface area contributed by atoms with E-state index in [1.54, 1.807) is 58.0 Å². The van der Waals surface area contributed by atoms with Crippen LogP contribution in [0.4, 0.5) is 10.5 Å². The zero-order valence-electron chi connectivity index (χ0n) is 25.1. The number of ketones is 2. The fourth-order valence-corrected chi connectivity index (χ4v) is 5.27. The molecule has 0 spiro atoms. The topological polar surface area (TPSA) is 120 Å². The molecular formula is C32H43N5O5. The molecule has 3 N–H and O–H groups in total. The SMILES string of the molecule is C[C@H](NC(=O)OC(C)(C)C)C(=O)NCCCN1CCN(CCCNc2cccc3c2C(=O)c2ccccc2C3=O)CC1. The maximum Gasteiger partial charge on any atom is 0.408 e. The Hall–Kier alpha value is -3.76. The fraction of sp³-hybridized carbons (Fsp3) is 0.500. The average molecular weight is 578 g/mol. The molecule has 0 aromatic heterocycles. The third-order valence-corrected chi connectivity index (χ3v) is 7.46. The second-order valence-corrected chi connectivity index (χ2v) is 11.9. The van der Waals surface area contributed by atoms with E-state index in [0.717, 1.165) is 52.1 Å². The molecule has 2 aliphatic rings. The number of alkyl carbamates (subject to hydrolysis) is 1. The monoisotopic (exact) mass is 577 g/mol. The number of fused-ring (bicyclic) bond motifs is 2. The van der Waals surface area contributed by atoms with E-state index in [0.29, 0.717) is 41.0 Å². The van der Waals surface area contributed by atoms with Gasteiger partial charge < -0.3 is 30.5 Å². The lowest BCUT2D eigenvalue weighted by Gasteiger charge is -2.34. The van der Waals surface area contributed by atoms with Crippen molar-refractivity contribution in [3.05, 3.63) is 64.7 Å². The van der Waals surface area contributed by atoms with Crippen LogP contribution in [0.15, 0.2) is 42.5 Å². The Bertz CT molecular complexity index is 1300. The molecule has 226 valence electrons. The first-order valence-corrected chi connectivity index (χ1v) is 14.8. The summed E-state index contributed by atoms with van der Waals surface area (Å²) in [5.74, 6) is -0.434. The fourth-order valence-electron chi connectivity index (χ4n) is 5.27. The van der Waals surface area contributed by atoms with Crippen molar-refractivity contribution in [2.75, 3.05) is 57.7 Å². The standard InChI is InChI=1S/C32H43N5O5/c1-22(35-31(41)42-32(2,3)4)30(40)34-15-9-17-37-20-18-36(19-21-37)16-8-14-33-26-13-7-12-25-27(26)29(39)24-11-6-5-10-23(24)28(25)38/h5-7,10-13,22,33H,8-9,14-21H2,1-4H3,(H,34,40)(H,35,41)/t22-/m0/s1. The van der Waals surface area contributed by atoms with Gasteiger partial charge in [-0.15, -0.1) is 0 Å². The molecule has 4 rings (SSSR count). The molecule has 1 saturated heterocycles. The van der Waals surface area contributed by atoms with Crippen molar-refractivity contribution < 1.29 is 23.9 Å². The van der Waals surface area contributed by atoms with E-state index >= 15 is 0 Å². The zero-order chi connectivity index (χ0) is 30.3. The van der Waals surface area contributed by atoms with Gasteiger partial charge >= 0.3 is 6.09 Å². The van der Waals surface area contributed by atoms with Gasteiger partial charge in [-0.2, -0.15) is 0 Å². The number of carbonyl (C=O) groups is 4. The van der Waals surface area contributed by atoms with Crippen molar-refractivity contribution in [2.24, 2.45) is 0 Å². The Morgan fingerprint density at radius 1 is 0.833 bits per heavy atom. The van der Waals surface area contributed by atoms with Gasteiger partial charge in [0.1, 0.15) is 11.6 Å². The highest BCUT2D eigenvalue weighted by atomic mass is 16.6. The number of nitrogens with one attached hydrogen (secondary N) is 3. The van der Waals surface area contributed by atoms with E-state index in [9.17, 15) is 19.2 Å². The molecule has 2 aromatic rings. The Balaban J connectivity index is 1.11. The van der Waals surface area contributed by atoms with Crippen molar-refractivity contribution in [1.29, 1.82) is 0 Å². The Kier molecular flexibility index (Phi) is 10.3. The van der Waals surface area contributed by atoms with E-state index in [4.69, 9.17) is 4.74 Å². The summed E-state index contributed by atoms with van der Waals surface area (Å²) in [5, 5.41) is 8.84. The van der Waals surface area contributed by atoms with Gasteiger partial charge in [0.05, 0.1) is 5.56 Å². The number of hydrogen-bond donors (Lipinski definition) is 3. The van der Waals surface area contributed by atoms with Crippen LogP contribution in [0.3, 0.4) is 0 Å². The summed E-state index contributed by atoms with van der Waals surface area (Å²) >= 11 is 0. The molecular weight excluding hydrogens is 534 g/mol. The van der Waals surface area contributed by atoms with Crippen LogP contribution in [0.1, 0.15) is 72.4 Å². The van der Waals surface area contributed by atoms with Crippen LogP contribution in [0.2, 0.25) is 0 Å². The van der Waals surface area contributed by atoms with E-state index < -0.39 is 17.7 Å². The van der Waals surface area contributed by atoms with Crippen molar-refractivity contribution in [2.45, 2.75) is 52.2 Å². The molecule has 1 aliphatic carbocycles. The molecule has 1 fully saturated rings. The van der Waals surface area contributed by atoms with Gasteiger partial charge in [0, 0.05) is 61.6 Å². The van der Waals surface area contributed by atoms with Crippen molar-refractivity contribution in [3.8, 4) is 0 Å². The molecule has 0 radical (unpaired) electrons. The maximum atomic E-state index is 13.2. The minimum Gasteiger partial charge on any atom is -0.444 e. The summed E-state index contributed by atoms with van der Waals surface area (Å²) in [7, 11) is 0. The number of amides is 2. The Morgan fingerprint density at radius 2 is 1.40 bits per heavy atom. The highest BCUT2D eigenvalue weighted by molar-refractivity contribution is 6.30. The third kappa shape index (κ3) is 8.17. The van der Waals surface area contributed by atoms with Crippen LogP contribution >= 0.6 is 0 Å². The van der Waals surface area contributed by atoms with Crippen molar-refractivity contribution >= 4 is 29.3 Å². The highest BCUT2D eigenvalue weighted by Gasteiger charge is 2.31. The van der Waals surface area contributed by atoms with E-state index in [-0.39, 0.29) is 17.5 Å². The summed E-state index contributed by atoms with van der Waals surface area (Å²) in [4.78, 5) is 55.1. The van der Waals surface area contributed by atoms with E-state index in [2.05, 4.69) is 25.8 Å². The highest BCUT2D eigenvalue weighted by Crippen LogP contribution is 2.31. The first-order chi connectivity index (χ1) is 20.0. The predicted molar refractivity (Wildman–Crippen MR) is 162 cm³/mol. The number of ether oxygens (including phenoxy) is 1. The van der Waals surface area contributed by atoms with Crippen LogP contribution in [-0.2, 0) is 9.53 Å². The number of rotatable bonds is 11. The molecule has 0 unspecified atom stereocenters. The quantitative estimate of drug-likeness (QED) is 0.297. The number of nitrogens with zero attached hydrogens (tertiary/aromatic N) is 2. The predicted octanol–water partition coefficient (Wildman–Crippen LogP) is 3.30. The maximum absolute atomic E-state index is 13.2. The lowest BCUT2D eigenvalue weighted by Crippen LogP contribution is -2.48. The number of anilines is 1. The molecule has 1 atom stereocenters. The molecule has 42 heavy (non-hydrogen) atoms. The second-order valence-electron chi connectivity index (χ2n) is 11.9. The van der Waals surface area contributed by atoms with Crippen molar-refractivity contribution in [1.82, 2.24) is 20.4 Å². The van der Waals surface area contributed by atoms with Crippen LogP contribution in [0, 0.1) is 0 Å². The minimum absolute atomic E-state index is 0.103. The second kappa shape index (κ2) is 13.9. The lowest BCUT2D eigenvalue weighted by molar-refractivity contribution is -0.122. The average Bonchev–Trinajstić information content (AvgIpc) is 2.95. The summed E-state index contributed by atoms with van der Waals surface area (Å²) in [6, 6.07) is 11.8. The first-order valence-electron chi connectivity index (χ1n) is 14.8. The molecule has 10 heteroatoms. The minimum atomic E-state index is -0.662. The van der Waals surface area contributed by atoms with Gasteiger partial charge in [0.2, 0.25) is 5.91 Å². The van der Waals surface area contributed by atoms with Gasteiger partial charge in [-0.05, 0) is 59.7 Å². The van der Waals surface area contributed by atoms with Gasteiger partial charge in [-0.3, -0.25) is 14.4 Å². The molecule has 10 nitrogen and oxygen atoms in total.